The van der Waals surface area contributed by atoms with Crippen molar-refractivity contribution in [1.82, 2.24) is 0 Å². The third kappa shape index (κ3) is 6.49. The summed E-state index contributed by atoms with van der Waals surface area (Å²) >= 11 is 6.15. The third-order valence-corrected chi connectivity index (χ3v) is 6.06. The molecule has 3 rings (SSSR count). The van der Waals surface area contributed by atoms with Crippen LogP contribution in [-0.4, -0.2) is 37.1 Å². The first kappa shape index (κ1) is 27.8. The lowest BCUT2D eigenvalue weighted by atomic mass is 9.90. The van der Waals surface area contributed by atoms with Gasteiger partial charge in [-0.05, 0) is 57.7 Å². The molecule has 0 bridgehead atoms. The molecule has 9 heteroatoms. The summed E-state index contributed by atoms with van der Waals surface area (Å²) in [5, 5.41) is -0.0936. The molecule has 0 aromatic heterocycles. The van der Waals surface area contributed by atoms with Crippen LogP contribution >= 0.6 is 11.6 Å². The first-order valence-electron chi connectivity index (χ1n) is 11.7. The van der Waals surface area contributed by atoms with Crippen molar-refractivity contribution in [3.05, 3.63) is 64.5 Å². The Morgan fingerprint density at radius 3 is 2.32 bits per heavy atom. The molecule has 2 unspecified atom stereocenters. The number of nitrogens with zero attached hydrogens (tertiary/aromatic N) is 1. The molecule has 2 amide bonds. The summed E-state index contributed by atoms with van der Waals surface area (Å²) in [5.74, 6) is -0.597. The fraction of sp³-hybridized carbons (Fsp3) is 0.321. The Kier molecular flexibility index (Phi) is 9.31. The van der Waals surface area contributed by atoms with Crippen LogP contribution in [0.5, 0.6) is 11.5 Å². The predicted octanol–water partition coefficient (Wildman–Crippen LogP) is 5.25. The monoisotopic (exact) mass is 527 g/mol. The number of hydrogen-bond acceptors (Lipinski definition) is 6. The average molecular weight is 528 g/mol. The molecule has 0 fully saturated rings. The Bertz CT molecular complexity index is 1250. The number of ether oxygens (including phenoxy) is 3. The molecule has 0 heterocycles. The second kappa shape index (κ2) is 12.4. The van der Waals surface area contributed by atoms with Gasteiger partial charge in [-0.3, -0.25) is 9.59 Å². The maximum Gasteiger partial charge on any atom is 0.334 e. The molecule has 37 heavy (non-hydrogen) atoms. The topological polar surface area (TPSA) is 82.1 Å². The van der Waals surface area contributed by atoms with Crippen LogP contribution in [0.4, 0.5) is 10.1 Å². The standard InChI is InChI=1S/C28H27ClFNO6/c1-5-17(2)36-25-16-24(23(30)15-22(25)29)31(26(32)18(3)37-19-11-7-6-8-12-19)27(33)20-13-9-10-14-21(20)28(34)35-4/h1,6-8,11-12,15-18H,9-10,13-14H2,2-4H3. The van der Waals surface area contributed by atoms with E-state index in [1.807, 2.05) is 0 Å². The van der Waals surface area contributed by atoms with Gasteiger partial charge in [0, 0.05) is 17.2 Å². The summed E-state index contributed by atoms with van der Waals surface area (Å²) in [4.78, 5) is 40.6. The Labute approximate surface area is 220 Å². The van der Waals surface area contributed by atoms with Crippen molar-refractivity contribution in [2.75, 3.05) is 12.0 Å². The molecule has 2 aromatic rings. The van der Waals surface area contributed by atoms with Gasteiger partial charge >= 0.3 is 5.97 Å². The lowest BCUT2D eigenvalue weighted by molar-refractivity contribution is -0.137. The molecular weight excluding hydrogens is 501 g/mol. The number of rotatable bonds is 8. The first-order valence-corrected chi connectivity index (χ1v) is 12.1. The summed E-state index contributed by atoms with van der Waals surface area (Å²) in [5.41, 5.74) is -0.184. The van der Waals surface area contributed by atoms with Crippen molar-refractivity contribution in [2.24, 2.45) is 0 Å². The molecule has 0 saturated heterocycles. The van der Waals surface area contributed by atoms with Gasteiger partial charge in [0.05, 0.1) is 17.8 Å². The lowest BCUT2D eigenvalue weighted by Crippen LogP contribution is -2.46. The fourth-order valence-electron chi connectivity index (χ4n) is 3.89. The van der Waals surface area contributed by atoms with Crippen LogP contribution in [0.1, 0.15) is 39.5 Å². The van der Waals surface area contributed by atoms with Gasteiger partial charge in [-0.15, -0.1) is 6.42 Å². The lowest BCUT2D eigenvalue weighted by Gasteiger charge is -2.28. The highest BCUT2D eigenvalue weighted by atomic mass is 35.5. The van der Waals surface area contributed by atoms with Gasteiger partial charge in [-0.1, -0.05) is 35.7 Å². The van der Waals surface area contributed by atoms with Crippen LogP contribution in [0.3, 0.4) is 0 Å². The number of anilines is 1. The SMILES string of the molecule is C#CC(C)Oc1cc(N(C(=O)C2=C(C(=O)OC)CCCC2)C(=O)C(C)Oc2ccccc2)c(F)cc1Cl. The molecule has 194 valence electrons. The van der Waals surface area contributed by atoms with Crippen LogP contribution in [0.2, 0.25) is 5.02 Å². The minimum Gasteiger partial charge on any atom is -0.481 e. The highest BCUT2D eigenvalue weighted by Gasteiger charge is 2.36. The predicted molar refractivity (Wildman–Crippen MR) is 137 cm³/mol. The number of imide groups is 1. The second-order valence-electron chi connectivity index (χ2n) is 8.37. The number of esters is 1. The second-order valence-corrected chi connectivity index (χ2v) is 8.78. The van der Waals surface area contributed by atoms with Crippen LogP contribution in [0, 0.1) is 18.2 Å². The van der Waals surface area contributed by atoms with E-state index in [0.29, 0.717) is 29.9 Å². The van der Waals surface area contributed by atoms with Gasteiger partial charge in [0.2, 0.25) is 0 Å². The molecule has 2 atom stereocenters. The number of carbonyl (C=O) groups is 3. The van der Waals surface area contributed by atoms with Gasteiger partial charge in [0.15, 0.2) is 12.2 Å². The molecule has 7 nitrogen and oxygen atoms in total. The van der Waals surface area contributed by atoms with Gasteiger partial charge in [-0.25, -0.2) is 14.1 Å². The number of hydrogen-bond donors (Lipinski definition) is 0. The van der Waals surface area contributed by atoms with Crippen molar-refractivity contribution >= 4 is 35.1 Å². The van der Waals surface area contributed by atoms with Crippen LogP contribution < -0.4 is 14.4 Å². The summed E-state index contributed by atoms with van der Waals surface area (Å²) < 4.78 is 31.5. The van der Waals surface area contributed by atoms with E-state index >= 15 is 4.39 Å². The maximum absolute atomic E-state index is 15.3. The molecule has 1 aliphatic rings. The summed E-state index contributed by atoms with van der Waals surface area (Å²) in [6.45, 7) is 3.02. The maximum atomic E-state index is 15.3. The van der Waals surface area contributed by atoms with Crippen molar-refractivity contribution in [3.63, 3.8) is 0 Å². The summed E-state index contributed by atoms with van der Waals surface area (Å²) in [6, 6.07) is 10.6. The van der Waals surface area contributed by atoms with Gasteiger partial charge in [-0.2, -0.15) is 0 Å². The molecule has 1 aliphatic carbocycles. The van der Waals surface area contributed by atoms with E-state index in [0.717, 1.165) is 12.1 Å². The molecule has 0 spiro atoms. The van der Waals surface area contributed by atoms with Gasteiger partial charge in [0.1, 0.15) is 17.3 Å². The van der Waals surface area contributed by atoms with Crippen LogP contribution in [-0.2, 0) is 19.1 Å². The van der Waals surface area contributed by atoms with E-state index in [1.165, 1.54) is 14.0 Å². The quantitative estimate of drug-likeness (QED) is 0.344. The Balaban J connectivity index is 2.13. The van der Waals surface area contributed by atoms with E-state index < -0.39 is 41.5 Å². The molecule has 0 aliphatic heterocycles. The highest BCUT2D eigenvalue weighted by Crippen LogP contribution is 2.36. The molecule has 0 N–H and O–H groups in total. The summed E-state index contributed by atoms with van der Waals surface area (Å²) in [7, 11) is 1.21. The molecular formula is C28H27ClFNO6. The molecule has 0 saturated carbocycles. The molecule has 2 aromatic carbocycles. The largest absolute Gasteiger partial charge is 0.481 e. The number of halogens is 2. The number of para-hydroxylation sites is 1. The van der Waals surface area contributed by atoms with Crippen molar-refractivity contribution in [2.45, 2.75) is 51.7 Å². The number of benzene rings is 2. The Hall–Kier alpha value is -3.83. The van der Waals surface area contributed by atoms with E-state index in [-0.39, 0.29) is 28.3 Å². The van der Waals surface area contributed by atoms with E-state index in [4.69, 9.17) is 32.2 Å². The van der Waals surface area contributed by atoms with E-state index in [2.05, 4.69) is 5.92 Å². The zero-order valence-corrected chi connectivity index (χ0v) is 21.5. The van der Waals surface area contributed by atoms with E-state index in [1.54, 1.807) is 37.3 Å². The van der Waals surface area contributed by atoms with Crippen LogP contribution in [0.25, 0.3) is 0 Å². The van der Waals surface area contributed by atoms with Crippen molar-refractivity contribution in [1.29, 1.82) is 0 Å². The fourth-order valence-corrected chi connectivity index (χ4v) is 4.09. The van der Waals surface area contributed by atoms with E-state index in [9.17, 15) is 14.4 Å². The number of amides is 2. The smallest absolute Gasteiger partial charge is 0.334 e. The van der Waals surface area contributed by atoms with Gasteiger partial charge < -0.3 is 14.2 Å². The zero-order chi connectivity index (χ0) is 27.1. The third-order valence-electron chi connectivity index (χ3n) is 5.77. The minimum atomic E-state index is -1.19. The van der Waals surface area contributed by atoms with Crippen LogP contribution in [0.15, 0.2) is 53.6 Å². The Morgan fingerprint density at radius 2 is 1.70 bits per heavy atom. The van der Waals surface area contributed by atoms with Crippen molar-refractivity contribution in [3.8, 4) is 23.8 Å². The number of carbonyl (C=O) groups excluding carboxylic acids is 3. The van der Waals surface area contributed by atoms with Gasteiger partial charge in [0.25, 0.3) is 11.8 Å². The number of terminal acetylenes is 1. The molecule has 0 radical (unpaired) electrons. The normalized spacial score (nSPS) is 14.7. The minimum absolute atomic E-state index is 0.0171. The first-order chi connectivity index (χ1) is 17.7. The average Bonchev–Trinajstić information content (AvgIpc) is 2.90. The summed E-state index contributed by atoms with van der Waals surface area (Å²) in [6.07, 6.45) is 5.26. The Morgan fingerprint density at radius 1 is 1.05 bits per heavy atom. The van der Waals surface area contributed by atoms with Crippen molar-refractivity contribution < 1.29 is 33.0 Å². The number of methoxy groups -OCH3 is 1. The zero-order valence-electron chi connectivity index (χ0n) is 20.8. The highest BCUT2D eigenvalue weighted by molar-refractivity contribution is 6.32.